The van der Waals surface area contributed by atoms with Crippen molar-refractivity contribution in [3.8, 4) is 0 Å². The van der Waals surface area contributed by atoms with Gasteiger partial charge in [0, 0.05) is 7.05 Å². The van der Waals surface area contributed by atoms with Crippen LogP contribution in [-0.2, 0) is 7.05 Å². The van der Waals surface area contributed by atoms with Crippen LogP contribution in [0.1, 0.15) is 5.82 Å². The topological polar surface area (TPSA) is 47.2 Å². The standard InChI is InChI=1S/C5H7N3O/c1-4-6-5(7-9)3-8(4)2/h3H,1-2H3. The quantitative estimate of drug-likeness (QED) is 0.528. The first-order valence-electron chi connectivity index (χ1n) is 2.57. The molecule has 0 atom stereocenters. The summed E-state index contributed by atoms with van der Waals surface area (Å²) in [6, 6.07) is 0. The molecule has 0 aliphatic heterocycles. The highest BCUT2D eigenvalue weighted by Gasteiger charge is 1.97. The molecule has 0 unspecified atom stereocenters. The van der Waals surface area contributed by atoms with E-state index in [1.54, 1.807) is 10.8 Å². The lowest BCUT2D eigenvalue weighted by Crippen LogP contribution is -1.86. The van der Waals surface area contributed by atoms with Crippen molar-refractivity contribution >= 4 is 5.82 Å². The van der Waals surface area contributed by atoms with E-state index in [9.17, 15) is 4.91 Å². The third-order valence-electron chi connectivity index (χ3n) is 1.19. The Kier molecular flexibility index (Phi) is 1.30. The van der Waals surface area contributed by atoms with Gasteiger partial charge in [-0.1, -0.05) is 0 Å². The Morgan fingerprint density at radius 3 is 2.67 bits per heavy atom. The predicted octanol–water partition coefficient (Wildman–Crippen LogP) is 1.13. The zero-order valence-electron chi connectivity index (χ0n) is 5.33. The van der Waals surface area contributed by atoms with E-state index in [-0.39, 0.29) is 5.82 Å². The summed E-state index contributed by atoms with van der Waals surface area (Å²) in [5, 5.41) is 2.67. The first kappa shape index (κ1) is 5.94. The molecule has 4 heteroatoms. The SMILES string of the molecule is Cc1nc(N=O)cn1C. The van der Waals surface area contributed by atoms with Gasteiger partial charge in [0.05, 0.1) is 6.20 Å². The molecule has 0 aliphatic carbocycles. The smallest absolute Gasteiger partial charge is 0.214 e. The molecule has 0 aromatic carbocycles. The Labute approximate surface area is 52.5 Å². The fraction of sp³-hybridized carbons (Fsp3) is 0.400. The number of nitroso groups, excluding NO2 is 1. The lowest BCUT2D eigenvalue weighted by molar-refractivity contribution is 0.858. The second kappa shape index (κ2) is 1.97. The van der Waals surface area contributed by atoms with Gasteiger partial charge >= 0.3 is 0 Å². The number of hydrogen-bond acceptors (Lipinski definition) is 3. The first-order valence-corrected chi connectivity index (χ1v) is 2.57. The molecule has 0 bridgehead atoms. The van der Waals surface area contributed by atoms with Crippen molar-refractivity contribution in [3.63, 3.8) is 0 Å². The minimum atomic E-state index is 0.245. The number of aromatic nitrogens is 2. The van der Waals surface area contributed by atoms with Crippen molar-refractivity contribution in [2.75, 3.05) is 0 Å². The van der Waals surface area contributed by atoms with Crippen molar-refractivity contribution in [2.45, 2.75) is 6.92 Å². The molecular formula is C5H7N3O. The van der Waals surface area contributed by atoms with Gasteiger partial charge in [-0.2, -0.15) is 0 Å². The Balaban J connectivity index is 3.11. The van der Waals surface area contributed by atoms with Gasteiger partial charge in [-0.05, 0) is 12.1 Å². The number of imidazole rings is 1. The fourth-order valence-electron chi connectivity index (χ4n) is 0.584. The molecule has 4 nitrogen and oxygen atoms in total. The predicted molar refractivity (Wildman–Crippen MR) is 33.4 cm³/mol. The third-order valence-corrected chi connectivity index (χ3v) is 1.19. The molecule has 0 spiro atoms. The van der Waals surface area contributed by atoms with Crippen molar-refractivity contribution < 1.29 is 0 Å². The average molecular weight is 125 g/mol. The summed E-state index contributed by atoms with van der Waals surface area (Å²) in [6.07, 6.45) is 1.59. The molecule has 1 aromatic heterocycles. The summed E-state index contributed by atoms with van der Waals surface area (Å²) in [5.74, 6) is 1.04. The maximum atomic E-state index is 9.85. The van der Waals surface area contributed by atoms with Crippen molar-refractivity contribution in [1.29, 1.82) is 0 Å². The third kappa shape index (κ3) is 0.960. The summed E-state index contributed by atoms with van der Waals surface area (Å²) in [6.45, 7) is 1.81. The van der Waals surface area contributed by atoms with Gasteiger partial charge in [-0.15, -0.1) is 4.91 Å². The van der Waals surface area contributed by atoms with Gasteiger partial charge in [-0.25, -0.2) is 4.98 Å². The van der Waals surface area contributed by atoms with E-state index in [2.05, 4.69) is 10.2 Å². The van der Waals surface area contributed by atoms with Crippen LogP contribution in [0.25, 0.3) is 0 Å². The monoisotopic (exact) mass is 125 g/mol. The Morgan fingerprint density at radius 2 is 2.44 bits per heavy atom. The maximum Gasteiger partial charge on any atom is 0.214 e. The van der Waals surface area contributed by atoms with Gasteiger partial charge in [0.2, 0.25) is 5.82 Å². The zero-order chi connectivity index (χ0) is 6.85. The number of aryl methyl sites for hydroxylation is 2. The molecule has 48 valence electrons. The van der Waals surface area contributed by atoms with E-state index >= 15 is 0 Å². The molecule has 0 N–H and O–H groups in total. The van der Waals surface area contributed by atoms with E-state index in [0.29, 0.717) is 0 Å². The van der Waals surface area contributed by atoms with E-state index in [0.717, 1.165) is 5.82 Å². The average Bonchev–Trinajstić information content (AvgIpc) is 2.13. The number of hydrogen-bond donors (Lipinski definition) is 0. The first-order chi connectivity index (χ1) is 4.24. The molecule has 1 rings (SSSR count). The van der Waals surface area contributed by atoms with E-state index in [4.69, 9.17) is 0 Å². The molecule has 0 saturated carbocycles. The molecular weight excluding hydrogens is 118 g/mol. The molecule has 0 fully saturated rings. The molecule has 1 aromatic rings. The highest BCUT2D eigenvalue weighted by Crippen LogP contribution is 2.07. The van der Waals surface area contributed by atoms with Crippen LogP contribution in [0.4, 0.5) is 5.82 Å². The van der Waals surface area contributed by atoms with Crippen molar-refractivity contribution in [3.05, 3.63) is 16.9 Å². The highest BCUT2D eigenvalue weighted by atomic mass is 16.3. The molecule has 0 aliphatic rings. The Morgan fingerprint density at radius 1 is 1.78 bits per heavy atom. The fourth-order valence-corrected chi connectivity index (χ4v) is 0.584. The van der Waals surface area contributed by atoms with Crippen LogP contribution < -0.4 is 0 Å². The van der Waals surface area contributed by atoms with Crippen LogP contribution in [0.3, 0.4) is 0 Å². The normalized spacial score (nSPS) is 9.56. The van der Waals surface area contributed by atoms with Gasteiger partial charge in [0.1, 0.15) is 5.82 Å². The van der Waals surface area contributed by atoms with Crippen molar-refractivity contribution in [2.24, 2.45) is 12.2 Å². The van der Waals surface area contributed by atoms with Gasteiger partial charge < -0.3 is 4.57 Å². The van der Waals surface area contributed by atoms with Gasteiger partial charge in [0.15, 0.2) is 0 Å². The van der Waals surface area contributed by atoms with Crippen molar-refractivity contribution in [1.82, 2.24) is 9.55 Å². The molecule has 0 radical (unpaired) electrons. The maximum absolute atomic E-state index is 9.85. The van der Waals surface area contributed by atoms with E-state index in [1.807, 2.05) is 14.0 Å². The Bertz CT molecular complexity index is 209. The minimum Gasteiger partial charge on any atom is -0.336 e. The second-order valence-electron chi connectivity index (χ2n) is 1.85. The largest absolute Gasteiger partial charge is 0.336 e. The van der Waals surface area contributed by atoms with Gasteiger partial charge in [0.25, 0.3) is 0 Å². The Hall–Kier alpha value is -1.19. The summed E-state index contributed by atoms with van der Waals surface area (Å²) >= 11 is 0. The van der Waals surface area contributed by atoms with Gasteiger partial charge in [-0.3, -0.25) is 0 Å². The summed E-state index contributed by atoms with van der Waals surface area (Å²) < 4.78 is 1.75. The zero-order valence-corrected chi connectivity index (χ0v) is 5.33. The number of rotatable bonds is 1. The van der Waals surface area contributed by atoms with Crippen LogP contribution in [0.15, 0.2) is 11.4 Å². The lowest BCUT2D eigenvalue weighted by atomic mass is 10.7. The second-order valence-corrected chi connectivity index (χ2v) is 1.85. The molecule has 0 saturated heterocycles. The van der Waals surface area contributed by atoms with Crippen LogP contribution in [0.5, 0.6) is 0 Å². The van der Waals surface area contributed by atoms with E-state index < -0.39 is 0 Å². The highest BCUT2D eigenvalue weighted by molar-refractivity contribution is 5.23. The minimum absolute atomic E-state index is 0.245. The summed E-state index contributed by atoms with van der Waals surface area (Å²) in [7, 11) is 1.82. The number of nitrogens with zero attached hydrogens (tertiary/aromatic N) is 3. The molecule has 0 amide bonds. The molecule has 9 heavy (non-hydrogen) atoms. The summed E-state index contributed by atoms with van der Waals surface area (Å²) in [5.41, 5.74) is 0. The van der Waals surface area contributed by atoms with Crippen LogP contribution >= 0.6 is 0 Å². The van der Waals surface area contributed by atoms with Crippen LogP contribution in [0.2, 0.25) is 0 Å². The van der Waals surface area contributed by atoms with Crippen LogP contribution in [-0.4, -0.2) is 9.55 Å². The molecule has 1 heterocycles. The lowest BCUT2D eigenvalue weighted by Gasteiger charge is -1.86. The van der Waals surface area contributed by atoms with Crippen LogP contribution in [0, 0.1) is 11.8 Å². The van der Waals surface area contributed by atoms with E-state index in [1.165, 1.54) is 0 Å². The summed E-state index contributed by atoms with van der Waals surface area (Å²) in [4.78, 5) is 13.7.